The van der Waals surface area contributed by atoms with E-state index in [2.05, 4.69) is 4.18 Å². The summed E-state index contributed by atoms with van der Waals surface area (Å²) < 4.78 is 23.0. The highest BCUT2D eigenvalue weighted by Crippen LogP contribution is 1.72. The van der Waals surface area contributed by atoms with Crippen LogP contribution in [0.3, 0.4) is 0 Å². The Morgan fingerprint density at radius 1 is 1.57 bits per heavy atom. The van der Waals surface area contributed by atoms with Crippen LogP contribution < -0.4 is 0 Å². The summed E-state index contributed by atoms with van der Waals surface area (Å²) in [6.07, 6.45) is 2.59. The van der Waals surface area contributed by atoms with Crippen LogP contribution >= 0.6 is 0 Å². The third-order valence-corrected chi connectivity index (χ3v) is 0.577. The number of rotatable bonds is 2. The second-order valence-corrected chi connectivity index (χ2v) is 1.46. The van der Waals surface area contributed by atoms with E-state index in [0.29, 0.717) is 0 Å². The molecule has 0 fully saturated rings. The molecule has 0 spiro atoms. The van der Waals surface area contributed by atoms with Crippen molar-refractivity contribution >= 4 is 11.0 Å². The predicted molar refractivity (Wildman–Crippen MR) is 26.2 cm³/mol. The zero-order valence-electron chi connectivity index (χ0n) is 3.83. The highest BCUT2D eigenvalue weighted by Gasteiger charge is 1.68. The van der Waals surface area contributed by atoms with Crippen molar-refractivity contribution < 1.29 is 12.6 Å². The predicted octanol–water partition coefficient (Wildman–Crippen LogP) is 0.0630. The Morgan fingerprint density at radius 2 is 2.14 bits per heavy atom. The van der Waals surface area contributed by atoms with Gasteiger partial charge in [0, 0.05) is 0 Å². The van der Waals surface area contributed by atoms with Crippen LogP contribution in [0.25, 0.3) is 0 Å². The van der Waals surface area contributed by atoms with Crippen LogP contribution in [-0.2, 0) is 15.2 Å². The minimum Gasteiger partial charge on any atom is -0.393 e. The van der Waals surface area contributed by atoms with E-state index in [1.165, 1.54) is 6.08 Å². The highest BCUT2D eigenvalue weighted by atomic mass is 32.2. The molecule has 0 aliphatic rings. The molecule has 0 aromatic rings. The average Bonchev–Trinajstić information content (AvgIpc) is 1.61. The van der Waals surface area contributed by atoms with E-state index in [-0.39, 0.29) is 0 Å². The average molecular weight is 122 g/mol. The van der Waals surface area contributed by atoms with E-state index in [1.807, 2.05) is 0 Å². The maximum atomic E-state index is 9.52. The van der Waals surface area contributed by atoms with E-state index in [0.717, 1.165) is 6.26 Å². The van der Waals surface area contributed by atoms with Gasteiger partial charge >= 0.3 is 0 Å². The topological polar surface area (TPSA) is 43.4 Å². The van der Waals surface area contributed by atoms with Crippen molar-refractivity contribution in [1.29, 1.82) is 0 Å². The first-order chi connectivity index (χ1) is 3.27. The molecule has 0 heterocycles. The van der Waals surface area contributed by atoms with Gasteiger partial charge in [-0.3, -0.25) is 0 Å². The van der Waals surface area contributed by atoms with Crippen LogP contribution in [0.15, 0.2) is 12.3 Å². The Morgan fingerprint density at radius 3 is 2.29 bits per heavy atom. The molecule has 42 valence electrons. The van der Waals surface area contributed by atoms with Gasteiger partial charge in [-0.2, -0.15) is 8.42 Å². The smallest absolute Gasteiger partial charge is 0.298 e. The van der Waals surface area contributed by atoms with Crippen LogP contribution in [0, 0.1) is 0 Å². The van der Waals surface area contributed by atoms with Crippen LogP contribution in [-0.4, -0.2) is 8.42 Å². The first-order valence-corrected chi connectivity index (χ1v) is 2.79. The van der Waals surface area contributed by atoms with Crippen molar-refractivity contribution in [3.63, 3.8) is 0 Å². The van der Waals surface area contributed by atoms with Gasteiger partial charge in [-0.05, 0) is 6.92 Å². The molecule has 4 heteroatoms. The zero-order chi connectivity index (χ0) is 5.70. The third kappa shape index (κ3) is 5.49. The summed E-state index contributed by atoms with van der Waals surface area (Å²) in [5.41, 5.74) is 0. The molecular formula is C3H6O3S. The monoisotopic (exact) mass is 122 g/mol. The molecule has 3 nitrogen and oxygen atoms in total. The Bertz CT molecular complexity index is 116. The second kappa shape index (κ2) is 3.67. The molecule has 0 amide bonds. The Hall–Kier alpha value is -0.510. The number of thiol groups is 1. The van der Waals surface area contributed by atoms with E-state index in [1.54, 1.807) is 6.92 Å². The van der Waals surface area contributed by atoms with Crippen molar-refractivity contribution in [2.45, 2.75) is 6.92 Å². The fraction of sp³-hybridized carbons (Fsp3) is 0.333. The van der Waals surface area contributed by atoms with Crippen LogP contribution in [0.2, 0.25) is 0 Å². The molecule has 0 bridgehead atoms. The summed E-state index contributed by atoms with van der Waals surface area (Å²) >= 11 is 0. The van der Waals surface area contributed by atoms with Crippen LogP contribution in [0.5, 0.6) is 0 Å². The molecule has 0 unspecified atom stereocenters. The first-order valence-electron chi connectivity index (χ1n) is 1.69. The number of allylic oxidation sites excluding steroid dienone is 1. The van der Waals surface area contributed by atoms with Gasteiger partial charge in [-0.1, -0.05) is 6.08 Å². The molecular weight excluding hydrogens is 116 g/mol. The third-order valence-electron chi connectivity index (χ3n) is 0.283. The summed E-state index contributed by atoms with van der Waals surface area (Å²) in [7, 11) is -2.69. The summed E-state index contributed by atoms with van der Waals surface area (Å²) in [6.45, 7) is 1.67. The lowest BCUT2D eigenvalue weighted by molar-refractivity contribution is 0.466. The van der Waals surface area contributed by atoms with Crippen molar-refractivity contribution in [2.75, 3.05) is 0 Å². The molecule has 7 heavy (non-hydrogen) atoms. The van der Waals surface area contributed by atoms with Gasteiger partial charge < -0.3 is 4.18 Å². The SMILES string of the molecule is CC=CO[SH](=O)=O. The Kier molecular flexibility index (Phi) is 3.40. The molecule has 0 aromatic carbocycles. The Balaban J connectivity index is 3.33. The number of hydrogen-bond donors (Lipinski definition) is 1. The lowest BCUT2D eigenvalue weighted by atomic mass is 10.8. The quantitative estimate of drug-likeness (QED) is 0.416. The molecule has 0 saturated heterocycles. The minimum absolute atomic E-state index is 1.10. The molecule has 0 radical (unpaired) electrons. The second-order valence-electron chi connectivity index (χ2n) is 0.798. The van der Waals surface area contributed by atoms with Crippen LogP contribution in [0.1, 0.15) is 6.92 Å². The van der Waals surface area contributed by atoms with E-state index >= 15 is 0 Å². The normalized spacial score (nSPS) is 10.6. The van der Waals surface area contributed by atoms with Gasteiger partial charge in [0.1, 0.15) is 6.26 Å². The van der Waals surface area contributed by atoms with Crippen LogP contribution in [0.4, 0.5) is 0 Å². The summed E-state index contributed by atoms with van der Waals surface area (Å²) in [5, 5.41) is 0. The van der Waals surface area contributed by atoms with Gasteiger partial charge in [-0.25, -0.2) is 0 Å². The minimum atomic E-state index is -2.69. The molecule has 0 aromatic heterocycles. The molecule has 0 atom stereocenters. The molecule has 0 N–H and O–H groups in total. The molecule has 0 aliphatic heterocycles. The number of hydrogen-bond acceptors (Lipinski definition) is 3. The largest absolute Gasteiger partial charge is 0.393 e. The van der Waals surface area contributed by atoms with Crippen molar-refractivity contribution in [1.82, 2.24) is 0 Å². The fourth-order valence-electron chi connectivity index (χ4n) is 0.111. The van der Waals surface area contributed by atoms with Crippen molar-refractivity contribution in [3.8, 4) is 0 Å². The zero-order valence-corrected chi connectivity index (χ0v) is 4.72. The van der Waals surface area contributed by atoms with Gasteiger partial charge in [-0.15, -0.1) is 0 Å². The highest BCUT2D eigenvalue weighted by molar-refractivity contribution is 7.67. The summed E-state index contributed by atoms with van der Waals surface area (Å²) in [4.78, 5) is 0. The van der Waals surface area contributed by atoms with Crippen molar-refractivity contribution in [2.24, 2.45) is 0 Å². The van der Waals surface area contributed by atoms with E-state index in [4.69, 9.17) is 0 Å². The molecule has 0 aliphatic carbocycles. The standard InChI is InChI=1S/C3H6O3S/c1-2-3-6-7(4)5/h2-3,7H,1H3. The molecule has 0 rings (SSSR count). The van der Waals surface area contributed by atoms with Gasteiger partial charge in [0.15, 0.2) is 0 Å². The summed E-state index contributed by atoms with van der Waals surface area (Å²) in [5.74, 6) is 0. The summed E-state index contributed by atoms with van der Waals surface area (Å²) in [6, 6.07) is 0. The van der Waals surface area contributed by atoms with Gasteiger partial charge in [0.05, 0.1) is 0 Å². The van der Waals surface area contributed by atoms with Crippen molar-refractivity contribution in [3.05, 3.63) is 12.3 Å². The Labute approximate surface area is 43.8 Å². The maximum absolute atomic E-state index is 9.52. The van der Waals surface area contributed by atoms with Gasteiger partial charge in [0.2, 0.25) is 0 Å². The maximum Gasteiger partial charge on any atom is 0.298 e. The van der Waals surface area contributed by atoms with E-state index in [9.17, 15) is 8.42 Å². The van der Waals surface area contributed by atoms with E-state index < -0.39 is 11.0 Å². The lowest BCUT2D eigenvalue weighted by Gasteiger charge is -1.78. The van der Waals surface area contributed by atoms with Gasteiger partial charge in [0.25, 0.3) is 11.0 Å². The first kappa shape index (κ1) is 6.49. The molecule has 0 saturated carbocycles. The lowest BCUT2D eigenvalue weighted by Crippen LogP contribution is -1.72. The fourth-order valence-corrected chi connectivity index (χ4v) is 0.332.